The van der Waals surface area contributed by atoms with Gasteiger partial charge in [0.05, 0.1) is 0 Å². The summed E-state index contributed by atoms with van der Waals surface area (Å²) in [7, 11) is 0. The van der Waals surface area contributed by atoms with Gasteiger partial charge in [-0.05, 0) is 43.5 Å². The summed E-state index contributed by atoms with van der Waals surface area (Å²) in [5.74, 6) is -0.0442. The molecule has 0 atom stereocenters. The minimum absolute atomic E-state index is 0.289. The number of anilines is 1. The number of hydrogen-bond donors (Lipinski definition) is 2. The van der Waals surface area contributed by atoms with Crippen LogP contribution in [0, 0.1) is 0 Å². The van der Waals surface area contributed by atoms with Crippen LogP contribution < -0.4 is 15.8 Å². The minimum Gasteiger partial charge on any atom is -0.406 e. The van der Waals surface area contributed by atoms with Crippen molar-refractivity contribution in [2.45, 2.75) is 52.8 Å². The molecule has 2 rings (SSSR count). The maximum absolute atomic E-state index is 11.7. The van der Waals surface area contributed by atoms with Gasteiger partial charge in [0.2, 0.25) is 5.91 Å². The Hall–Kier alpha value is -2.45. The van der Waals surface area contributed by atoms with Gasteiger partial charge < -0.3 is 20.7 Å². The molecule has 0 spiro atoms. The summed E-state index contributed by atoms with van der Waals surface area (Å²) < 4.78 is 38.8. The molecule has 9 heteroatoms. The summed E-state index contributed by atoms with van der Waals surface area (Å²) >= 11 is 0. The molecule has 154 valence electrons. The first-order valence-electron chi connectivity index (χ1n) is 8.91. The van der Waals surface area contributed by atoms with Gasteiger partial charge in [-0.15, -0.1) is 13.2 Å². The Morgan fingerprint density at radius 1 is 1.11 bits per heavy atom. The van der Waals surface area contributed by atoms with Crippen LogP contribution in [-0.2, 0) is 4.79 Å². The van der Waals surface area contributed by atoms with E-state index in [0.29, 0.717) is 12.3 Å². The molecule has 1 aliphatic heterocycles. The minimum atomic E-state index is -4.72. The topological polar surface area (TPSA) is 84.7 Å². The van der Waals surface area contributed by atoms with Gasteiger partial charge in [-0.1, -0.05) is 20.8 Å². The zero-order valence-electron chi connectivity index (χ0n) is 15.9. The molecule has 0 unspecified atom stereocenters. The average molecular weight is 391 g/mol. The number of hydrogen-bond acceptors (Lipinski definition) is 3. The first-order valence-corrected chi connectivity index (χ1v) is 8.91. The van der Waals surface area contributed by atoms with Crippen molar-refractivity contribution in [2.24, 2.45) is 5.73 Å². The normalized spacial score (nSPS) is 13.3. The van der Waals surface area contributed by atoms with Gasteiger partial charge in [-0.3, -0.25) is 4.79 Å². The SMILES string of the molecule is CC.CCC(=O)N1CCCCC1.NC(=O)Nc1ccc(OC(F)(F)F)cc1. The van der Waals surface area contributed by atoms with Crippen molar-refractivity contribution in [1.82, 2.24) is 4.90 Å². The van der Waals surface area contributed by atoms with Gasteiger partial charge >= 0.3 is 12.4 Å². The average Bonchev–Trinajstić information content (AvgIpc) is 2.64. The van der Waals surface area contributed by atoms with Gasteiger partial charge in [0, 0.05) is 25.2 Å². The predicted molar refractivity (Wildman–Crippen MR) is 98.4 cm³/mol. The van der Waals surface area contributed by atoms with Crippen LogP contribution in [0.25, 0.3) is 0 Å². The molecule has 0 aromatic heterocycles. The Morgan fingerprint density at radius 2 is 1.63 bits per heavy atom. The van der Waals surface area contributed by atoms with Crippen LogP contribution in [0.1, 0.15) is 46.5 Å². The molecule has 0 radical (unpaired) electrons. The third-order valence-electron chi connectivity index (χ3n) is 3.37. The molecule has 1 aliphatic rings. The Bertz CT molecular complexity index is 557. The van der Waals surface area contributed by atoms with Gasteiger partial charge in [-0.2, -0.15) is 0 Å². The maximum Gasteiger partial charge on any atom is 0.573 e. The second-order valence-corrected chi connectivity index (χ2v) is 5.36. The summed E-state index contributed by atoms with van der Waals surface area (Å²) in [6.07, 6.45) is -0.358. The summed E-state index contributed by atoms with van der Waals surface area (Å²) in [6, 6.07) is 3.83. The first kappa shape index (κ1) is 24.6. The van der Waals surface area contributed by atoms with E-state index in [1.165, 1.54) is 31.4 Å². The lowest BCUT2D eigenvalue weighted by Crippen LogP contribution is -2.34. The molecule has 0 bridgehead atoms. The molecule has 0 aliphatic carbocycles. The van der Waals surface area contributed by atoms with E-state index in [-0.39, 0.29) is 11.4 Å². The van der Waals surface area contributed by atoms with Gasteiger partial charge in [-0.25, -0.2) is 4.79 Å². The molecule has 6 nitrogen and oxygen atoms in total. The zero-order valence-corrected chi connectivity index (χ0v) is 15.9. The van der Waals surface area contributed by atoms with E-state index in [0.717, 1.165) is 25.2 Å². The number of nitrogens with one attached hydrogen (secondary N) is 1. The molecular formula is C18H28F3N3O3. The van der Waals surface area contributed by atoms with Crippen LogP contribution in [0.3, 0.4) is 0 Å². The van der Waals surface area contributed by atoms with Crippen molar-refractivity contribution in [3.63, 3.8) is 0 Å². The van der Waals surface area contributed by atoms with Crippen molar-refractivity contribution >= 4 is 17.6 Å². The third-order valence-corrected chi connectivity index (χ3v) is 3.37. The largest absolute Gasteiger partial charge is 0.573 e. The molecule has 1 saturated heterocycles. The molecule has 1 heterocycles. The van der Waals surface area contributed by atoms with Crippen LogP contribution >= 0.6 is 0 Å². The molecule has 3 amide bonds. The van der Waals surface area contributed by atoms with Crippen molar-refractivity contribution in [3.05, 3.63) is 24.3 Å². The zero-order chi connectivity index (χ0) is 20.9. The lowest BCUT2D eigenvalue weighted by Gasteiger charge is -2.26. The van der Waals surface area contributed by atoms with Crippen LogP contribution in [0.15, 0.2) is 24.3 Å². The molecule has 1 fully saturated rings. The number of urea groups is 1. The van der Waals surface area contributed by atoms with Crippen LogP contribution in [-0.4, -0.2) is 36.3 Å². The quantitative estimate of drug-likeness (QED) is 0.795. The van der Waals surface area contributed by atoms with Crippen molar-refractivity contribution in [3.8, 4) is 5.75 Å². The number of nitrogens with zero attached hydrogens (tertiary/aromatic N) is 1. The van der Waals surface area contributed by atoms with E-state index in [1.54, 1.807) is 0 Å². The van der Waals surface area contributed by atoms with Crippen molar-refractivity contribution < 1.29 is 27.5 Å². The number of piperidine rings is 1. The summed E-state index contributed by atoms with van der Waals surface area (Å²) in [6.45, 7) is 7.91. The molecule has 1 aromatic rings. The fraction of sp³-hybridized carbons (Fsp3) is 0.556. The van der Waals surface area contributed by atoms with E-state index >= 15 is 0 Å². The number of ether oxygens (including phenoxy) is 1. The highest BCUT2D eigenvalue weighted by atomic mass is 19.4. The fourth-order valence-electron chi connectivity index (χ4n) is 2.25. The number of likely N-dealkylation sites (tertiary alicyclic amines) is 1. The van der Waals surface area contributed by atoms with Crippen LogP contribution in [0.4, 0.5) is 23.7 Å². The Morgan fingerprint density at radius 3 is 2.04 bits per heavy atom. The van der Waals surface area contributed by atoms with Crippen LogP contribution in [0.5, 0.6) is 5.75 Å². The highest BCUT2D eigenvalue weighted by Gasteiger charge is 2.30. The first-order chi connectivity index (χ1) is 12.7. The third kappa shape index (κ3) is 11.7. The van der Waals surface area contributed by atoms with Crippen molar-refractivity contribution in [1.29, 1.82) is 0 Å². The Kier molecular flexibility index (Phi) is 11.7. The number of primary amides is 1. The van der Waals surface area contributed by atoms with Crippen LogP contribution in [0.2, 0.25) is 0 Å². The second kappa shape index (κ2) is 12.8. The van der Waals surface area contributed by atoms with E-state index < -0.39 is 12.4 Å². The maximum atomic E-state index is 11.7. The standard InChI is InChI=1S/C8H7F3N2O2.C8H15NO.C2H6/c9-8(10,11)15-6-3-1-5(2-4-6)13-7(12)14;1-2-8(10)9-6-4-3-5-7-9;1-2/h1-4H,(H3,12,13,14);2-7H2,1H3;1-2H3. The fourth-order valence-corrected chi connectivity index (χ4v) is 2.25. The number of rotatable bonds is 3. The number of amides is 3. The number of halogens is 3. The number of carbonyl (C=O) groups is 2. The highest BCUT2D eigenvalue weighted by molar-refractivity contribution is 5.87. The Balaban J connectivity index is 0.000000488. The Labute approximate surface area is 157 Å². The summed E-state index contributed by atoms with van der Waals surface area (Å²) in [5, 5.41) is 2.20. The van der Waals surface area contributed by atoms with E-state index in [4.69, 9.17) is 5.73 Å². The number of nitrogens with two attached hydrogens (primary N) is 1. The van der Waals surface area contributed by atoms with E-state index in [9.17, 15) is 22.8 Å². The van der Waals surface area contributed by atoms with E-state index in [2.05, 4.69) is 10.1 Å². The van der Waals surface area contributed by atoms with E-state index in [1.807, 2.05) is 25.7 Å². The number of carbonyl (C=O) groups excluding carboxylic acids is 2. The molecule has 1 aromatic carbocycles. The molecule has 27 heavy (non-hydrogen) atoms. The van der Waals surface area contributed by atoms with Crippen molar-refractivity contribution in [2.75, 3.05) is 18.4 Å². The highest BCUT2D eigenvalue weighted by Crippen LogP contribution is 2.23. The molecular weight excluding hydrogens is 363 g/mol. The smallest absolute Gasteiger partial charge is 0.406 e. The lowest BCUT2D eigenvalue weighted by molar-refractivity contribution is -0.274. The lowest BCUT2D eigenvalue weighted by atomic mass is 10.1. The summed E-state index contributed by atoms with van der Waals surface area (Å²) in [4.78, 5) is 23.5. The number of benzene rings is 1. The molecule has 0 saturated carbocycles. The monoisotopic (exact) mass is 391 g/mol. The van der Waals surface area contributed by atoms with Gasteiger partial charge in [0.15, 0.2) is 0 Å². The number of alkyl halides is 3. The van der Waals surface area contributed by atoms with Gasteiger partial charge in [0.1, 0.15) is 5.75 Å². The predicted octanol–water partition coefficient (Wildman–Crippen LogP) is 4.51. The summed E-state index contributed by atoms with van der Waals surface area (Å²) in [5.41, 5.74) is 5.09. The van der Waals surface area contributed by atoms with Gasteiger partial charge in [0.25, 0.3) is 0 Å². The second-order valence-electron chi connectivity index (χ2n) is 5.36. The molecule has 3 N–H and O–H groups in total.